The summed E-state index contributed by atoms with van der Waals surface area (Å²) in [6.45, 7) is 1.50. The summed E-state index contributed by atoms with van der Waals surface area (Å²) in [4.78, 5) is 217. The quantitative estimate of drug-likeness (QED) is 0.0120. The lowest BCUT2D eigenvalue weighted by Crippen LogP contribution is -2.61. The summed E-state index contributed by atoms with van der Waals surface area (Å²) in [7, 11) is 0. The second-order valence-corrected chi connectivity index (χ2v) is 33.3. The van der Waals surface area contributed by atoms with Crippen molar-refractivity contribution in [2.75, 3.05) is 64.7 Å². The fraction of sp³-hybridized carbons (Fsp3) is 0.551. The Hall–Kier alpha value is -12.5. The van der Waals surface area contributed by atoms with Gasteiger partial charge < -0.3 is 117 Å². The molecule has 2 heterocycles. The number of aliphatic hydroxyl groups excluding tert-OH is 2. The minimum absolute atomic E-state index is 0.000116. The Labute approximate surface area is 762 Å². The normalized spacial score (nSPS) is 14.2. The van der Waals surface area contributed by atoms with E-state index in [4.69, 9.17) is 44.6 Å². The number of aromatic amines is 1. The summed E-state index contributed by atoms with van der Waals surface area (Å²) in [5, 5.41) is 67.3. The van der Waals surface area contributed by atoms with Crippen LogP contribution in [0.4, 0.5) is 0 Å². The highest BCUT2D eigenvalue weighted by molar-refractivity contribution is 8.04. The van der Waals surface area contributed by atoms with Gasteiger partial charge in [0, 0.05) is 94.1 Å². The molecule has 0 radical (unpaired) electrons. The van der Waals surface area contributed by atoms with Crippen LogP contribution in [0.25, 0.3) is 0 Å². The predicted molar refractivity (Wildman–Crippen MR) is 490 cm³/mol. The third-order valence-corrected chi connectivity index (χ3v) is 22.7. The molecule has 41 heteroatoms. The van der Waals surface area contributed by atoms with E-state index >= 15 is 19.2 Å². The SMILES string of the molecule is CCCCCCCCCCCCCCCCNC(=O)CN(CC(N)=O)C(=O)CCCCCNC(=O)[C@H](Cc1ccccc1)NC(=O)[C@H](CCCNC(=N)N)NC(=O)[C@H](CS/C(=C\C(N)=O)C(N)=O)NC(=O)[C@H](CCCNC(=N)N)NC(=O)C[C@@H]1CCCN1C(=O)[C@@H](NC(=O)[C@H](Cc1cnc[nH]1)NC(=O)[C@@H](NC(=O)CNC(=O)CO)[C@@H](C)O)C(c1ccccc1)c1ccccc1. The van der Waals surface area contributed by atoms with Gasteiger partial charge in [0.25, 0.3) is 5.91 Å². The van der Waals surface area contributed by atoms with Crippen LogP contribution in [0.3, 0.4) is 0 Å². The van der Waals surface area contributed by atoms with Gasteiger partial charge in [0.2, 0.25) is 82.7 Å². The van der Waals surface area contributed by atoms with E-state index in [0.29, 0.717) is 72.5 Å². The molecule has 130 heavy (non-hydrogen) atoms. The molecular weight excluding hydrogens is 1700 g/mol. The van der Waals surface area contributed by atoms with E-state index in [1.165, 1.54) is 88.6 Å². The molecule has 0 aliphatic carbocycles. The van der Waals surface area contributed by atoms with Gasteiger partial charge in [-0.25, -0.2) is 4.98 Å². The maximum Gasteiger partial charge on any atom is 0.255 e. The van der Waals surface area contributed by atoms with Gasteiger partial charge in [-0.15, -0.1) is 11.8 Å². The summed E-state index contributed by atoms with van der Waals surface area (Å²) in [6.07, 6.45) is 18.9. The molecule has 1 aliphatic rings. The van der Waals surface area contributed by atoms with Crippen molar-refractivity contribution in [1.29, 1.82) is 10.8 Å². The molecular formula is C89H135N23O17S. The lowest BCUT2D eigenvalue weighted by atomic mass is 9.84. The third-order valence-electron chi connectivity index (χ3n) is 21.6. The molecule has 1 aliphatic heterocycles. The molecule has 27 N–H and O–H groups in total. The molecule has 0 unspecified atom stereocenters. The highest BCUT2D eigenvalue weighted by atomic mass is 32.2. The summed E-state index contributed by atoms with van der Waals surface area (Å²) in [5.41, 5.74) is 29.9. The highest BCUT2D eigenvalue weighted by Gasteiger charge is 2.43. The van der Waals surface area contributed by atoms with Gasteiger partial charge in [0.05, 0.1) is 30.4 Å². The Morgan fingerprint density at radius 3 is 1.56 bits per heavy atom. The smallest absolute Gasteiger partial charge is 0.255 e. The summed E-state index contributed by atoms with van der Waals surface area (Å²) in [6, 6.07) is 14.1. The van der Waals surface area contributed by atoms with Crippen LogP contribution in [0.2, 0.25) is 0 Å². The first-order valence-corrected chi connectivity index (χ1v) is 45.6. The Kier molecular flexibility index (Phi) is 50.7. The number of nitrogens with zero attached hydrogens (tertiary/aromatic N) is 3. The fourth-order valence-corrected chi connectivity index (χ4v) is 15.7. The lowest BCUT2D eigenvalue weighted by Gasteiger charge is -2.35. The number of aliphatic hydroxyl groups is 2. The van der Waals surface area contributed by atoms with Crippen LogP contribution < -0.4 is 92.5 Å². The number of thioether (sulfide) groups is 1. The number of amides is 15. The molecule has 40 nitrogen and oxygen atoms in total. The van der Waals surface area contributed by atoms with E-state index in [0.717, 1.165) is 30.6 Å². The molecule has 3 aromatic carbocycles. The number of hydrogen-bond acceptors (Lipinski definition) is 21. The number of primary amides is 3. The molecule has 9 atom stereocenters. The van der Waals surface area contributed by atoms with Crippen molar-refractivity contribution < 1.29 is 82.1 Å². The second kappa shape index (κ2) is 61.1. The summed E-state index contributed by atoms with van der Waals surface area (Å²) in [5.74, 6) is -15.3. The number of H-pyrrole nitrogens is 1. The molecule has 0 spiro atoms. The van der Waals surface area contributed by atoms with Gasteiger partial charge in [0.15, 0.2) is 11.9 Å². The van der Waals surface area contributed by atoms with E-state index in [9.17, 15) is 57.8 Å². The van der Waals surface area contributed by atoms with Crippen LogP contribution in [0.5, 0.6) is 0 Å². The van der Waals surface area contributed by atoms with Crippen molar-refractivity contribution in [3.05, 3.63) is 137 Å². The largest absolute Gasteiger partial charge is 0.391 e. The van der Waals surface area contributed by atoms with E-state index < -0.39 is 198 Å². The first-order valence-electron chi connectivity index (χ1n) is 44.7. The molecule has 1 aromatic heterocycles. The van der Waals surface area contributed by atoms with Gasteiger partial charge in [-0.3, -0.25) is 82.7 Å². The van der Waals surface area contributed by atoms with Gasteiger partial charge >= 0.3 is 0 Å². The second-order valence-electron chi connectivity index (χ2n) is 32.2. The van der Waals surface area contributed by atoms with Gasteiger partial charge in [-0.2, -0.15) is 0 Å². The summed E-state index contributed by atoms with van der Waals surface area (Å²) < 4.78 is 0. The first-order chi connectivity index (χ1) is 62.4. The number of carbonyl (C=O) groups is 15. The number of hydrogen-bond donors (Lipinski definition) is 22. The predicted octanol–water partition coefficient (Wildman–Crippen LogP) is -0.00676. The minimum Gasteiger partial charge on any atom is -0.391 e. The molecule has 714 valence electrons. The Balaban J connectivity index is 1.37. The maximum absolute atomic E-state index is 15.9. The van der Waals surface area contributed by atoms with E-state index in [1.54, 1.807) is 91.0 Å². The molecule has 0 bridgehead atoms. The van der Waals surface area contributed by atoms with Crippen molar-refractivity contribution in [1.82, 2.24) is 83.6 Å². The monoisotopic (exact) mass is 1830 g/mol. The minimum atomic E-state index is -1.78. The number of aromatic nitrogens is 2. The average molecular weight is 1830 g/mol. The number of carbonyl (C=O) groups excluding carboxylic acids is 15. The van der Waals surface area contributed by atoms with Crippen molar-refractivity contribution >= 4 is 112 Å². The van der Waals surface area contributed by atoms with Crippen LogP contribution in [-0.2, 0) is 84.8 Å². The third kappa shape index (κ3) is 42.6. The van der Waals surface area contributed by atoms with Crippen LogP contribution in [0.15, 0.2) is 115 Å². The lowest BCUT2D eigenvalue weighted by molar-refractivity contribution is -0.139. The highest BCUT2D eigenvalue weighted by Crippen LogP contribution is 2.33. The van der Waals surface area contributed by atoms with Crippen molar-refractivity contribution in [2.24, 2.45) is 28.7 Å². The molecule has 15 amide bonds. The number of guanidine groups is 2. The number of unbranched alkanes of at least 4 members (excludes halogenated alkanes) is 15. The zero-order valence-electron chi connectivity index (χ0n) is 74.5. The number of nitrogens with one attached hydrogen (secondary N) is 15. The van der Waals surface area contributed by atoms with E-state index in [1.807, 2.05) is 0 Å². The fourth-order valence-electron chi connectivity index (χ4n) is 14.8. The molecule has 0 saturated carbocycles. The van der Waals surface area contributed by atoms with Crippen LogP contribution in [0, 0.1) is 10.8 Å². The molecule has 5 rings (SSSR count). The maximum atomic E-state index is 15.9. The van der Waals surface area contributed by atoms with E-state index in [2.05, 4.69) is 80.7 Å². The first kappa shape index (κ1) is 108. The Morgan fingerprint density at radius 1 is 0.531 bits per heavy atom. The van der Waals surface area contributed by atoms with Crippen molar-refractivity contribution in [3.63, 3.8) is 0 Å². The van der Waals surface area contributed by atoms with Crippen LogP contribution in [-0.4, -0.2) is 250 Å². The van der Waals surface area contributed by atoms with Gasteiger partial charge in [0.1, 0.15) is 55.4 Å². The van der Waals surface area contributed by atoms with Crippen molar-refractivity contribution in [3.8, 4) is 0 Å². The average Bonchev–Trinajstić information content (AvgIpc) is 1.40. The molecule has 4 aromatic rings. The summed E-state index contributed by atoms with van der Waals surface area (Å²) >= 11 is 0.528. The zero-order valence-corrected chi connectivity index (χ0v) is 75.3. The van der Waals surface area contributed by atoms with Gasteiger partial charge in [-0.05, 0) is 81.4 Å². The number of benzene rings is 3. The zero-order chi connectivity index (χ0) is 95.1. The topological polar surface area (TPSA) is 654 Å². The molecule has 1 saturated heterocycles. The number of nitrogens with two attached hydrogens (primary N) is 5. The standard InChI is InChI=1S/C89H135N23O17S/c1-3-4-5-6-7-8-9-10-11-12-13-14-15-27-42-98-74(119)54-111(53-71(91)116)76(121)41-26-19-28-43-99-81(123)66(47-59-32-20-16-21-33-59)106-83(125)65(40-30-45-101-89(95)96)105-85(127)68(56-130-69(80(92)122)50-70(90)115)108-82(124)64(39-29-44-100-88(93)94)104-72(117)49-63-38-31-46-112(63)87(129)79(77(60-34-22-17-23-35-60)61-36-24-18-25-37-61)110-84(126)67(48-62-51-97-57-103-62)107-86(128)78(58(2)114)109-73(118)52-102-75(120)55-113/h16-18,20-25,32-37,50-51,57-58,63-68,77-79,113-114H,3-15,19,26-31,38-49,52-56H2,1-2H3,(H2,90,115)(H2,91,116)(H2,92,122)(H,97,103)(H,98,119)(H,99,123)(H,102,120)(H,104,117)(H,105,127)(H,106,125)(H,107,128)(H,108,124)(H,109,118)(H,110,126)(H4,93,94,100)(H4,95,96,101)/b69-50-/t58-,63+,64+,65+,66+,67+,68+,78+,79+/m1/s1. The Morgan fingerprint density at radius 2 is 1.03 bits per heavy atom. The van der Waals surface area contributed by atoms with Crippen molar-refractivity contribution in [2.45, 2.75) is 248 Å². The van der Waals surface area contributed by atoms with Crippen LogP contribution >= 0.6 is 11.8 Å². The Bertz CT molecular complexity index is 4270. The number of rotatable bonds is 65. The van der Waals surface area contributed by atoms with E-state index in [-0.39, 0.29) is 84.1 Å². The number of imidazole rings is 1. The number of likely N-dealkylation sites (tertiary alicyclic amines) is 1. The van der Waals surface area contributed by atoms with Crippen LogP contribution in [0.1, 0.15) is 203 Å². The van der Waals surface area contributed by atoms with Gasteiger partial charge in [-0.1, -0.05) is 188 Å². The molecule has 1 fully saturated rings.